The van der Waals surface area contributed by atoms with Gasteiger partial charge in [-0.1, -0.05) is 72.8 Å². The fourth-order valence-corrected chi connectivity index (χ4v) is 5.49. The first kappa shape index (κ1) is 18.0. The van der Waals surface area contributed by atoms with Gasteiger partial charge in [0.2, 0.25) is 0 Å². The Hall–Kier alpha value is -4.51. The fourth-order valence-electron chi connectivity index (χ4n) is 5.49. The summed E-state index contributed by atoms with van der Waals surface area (Å²) in [5.41, 5.74) is 9.16. The second-order valence-electron chi connectivity index (χ2n) is 8.73. The molecule has 0 N–H and O–H groups in total. The van der Waals surface area contributed by atoms with Gasteiger partial charge in [-0.25, -0.2) is 0 Å². The van der Waals surface area contributed by atoms with Crippen molar-refractivity contribution in [3.63, 3.8) is 0 Å². The highest BCUT2D eigenvalue weighted by atomic mass is 16.5. The molecule has 34 heavy (non-hydrogen) atoms. The summed E-state index contributed by atoms with van der Waals surface area (Å²) < 4.78 is 13.1. The van der Waals surface area contributed by atoms with Crippen molar-refractivity contribution in [2.75, 3.05) is 4.81 Å². The van der Waals surface area contributed by atoms with E-state index in [1.54, 1.807) is 0 Å². The molecule has 0 radical (unpaired) electrons. The van der Waals surface area contributed by atoms with E-state index in [9.17, 15) is 0 Å². The fraction of sp³-hybridized carbons (Fsp3) is 0. The van der Waals surface area contributed by atoms with Gasteiger partial charge in [-0.15, -0.1) is 0 Å². The number of fused-ring (bicyclic) bond motifs is 11. The van der Waals surface area contributed by atoms with Crippen LogP contribution in [0, 0.1) is 0 Å². The Bertz CT molecular complexity index is 1770. The summed E-state index contributed by atoms with van der Waals surface area (Å²) in [5.74, 6) is 0.868. The second kappa shape index (κ2) is 6.52. The minimum atomic E-state index is -0.237. The molecule has 0 spiro atoms. The SMILES string of the molecule is c1ccc2c(c1)B1Oc3c(-c4cccc5c4oc4ccccc45)cccc3N1c1cccnc1-2. The first-order chi connectivity index (χ1) is 16.9. The highest BCUT2D eigenvalue weighted by Gasteiger charge is 2.46. The number of furan rings is 1. The Balaban J connectivity index is 1.39. The van der Waals surface area contributed by atoms with Gasteiger partial charge in [0.25, 0.3) is 0 Å². The zero-order valence-corrected chi connectivity index (χ0v) is 18.1. The molecule has 0 fully saturated rings. The summed E-state index contributed by atoms with van der Waals surface area (Å²) >= 11 is 0. The van der Waals surface area contributed by atoms with Gasteiger partial charge in [0.05, 0.1) is 17.1 Å². The number of aromatic nitrogens is 1. The number of benzene rings is 4. The van der Waals surface area contributed by atoms with E-state index in [0.717, 1.165) is 66.9 Å². The van der Waals surface area contributed by atoms with Crippen LogP contribution in [0.1, 0.15) is 0 Å². The molecule has 0 amide bonds. The van der Waals surface area contributed by atoms with Crippen molar-refractivity contribution in [3.8, 4) is 28.1 Å². The van der Waals surface area contributed by atoms with Crippen LogP contribution in [-0.2, 0) is 0 Å². The van der Waals surface area contributed by atoms with Crippen molar-refractivity contribution in [1.29, 1.82) is 0 Å². The molecule has 4 aromatic carbocycles. The Morgan fingerprint density at radius 3 is 2.41 bits per heavy atom. The molecular weight excluding hydrogens is 419 g/mol. The molecule has 0 bridgehead atoms. The van der Waals surface area contributed by atoms with Gasteiger partial charge in [-0.3, -0.25) is 4.98 Å². The molecule has 2 aliphatic heterocycles. The maximum Gasteiger partial charge on any atom is 0.525 e. The first-order valence-electron chi connectivity index (χ1n) is 11.4. The van der Waals surface area contributed by atoms with E-state index in [0.29, 0.717) is 0 Å². The summed E-state index contributed by atoms with van der Waals surface area (Å²) in [4.78, 5) is 6.99. The summed E-state index contributed by atoms with van der Waals surface area (Å²) in [5, 5.41) is 2.24. The summed E-state index contributed by atoms with van der Waals surface area (Å²) in [7, 11) is -0.237. The molecule has 8 rings (SSSR count). The lowest BCUT2D eigenvalue weighted by Gasteiger charge is -2.30. The molecule has 0 aliphatic carbocycles. The van der Waals surface area contributed by atoms with Crippen LogP contribution in [0.25, 0.3) is 44.3 Å². The molecule has 0 unspecified atom stereocenters. The number of anilines is 2. The summed E-state index contributed by atoms with van der Waals surface area (Å²) in [6.07, 6.45) is 1.85. The third-order valence-electron chi connectivity index (χ3n) is 6.94. The Kier molecular flexibility index (Phi) is 3.45. The number of rotatable bonds is 1. The molecule has 4 heterocycles. The quantitative estimate of drug-likeness (QED) is 0.274. The van der Waals surface area contributed by atoms with Gasteiger partial charge >= 0.3 is 7.05 Å². The van der Waals surface area contributed by atoms with E-state index in [1.165, 1.54) is 0 Å². The Morgan fingerprint density at radius 2 is 1.41 bits per heavy atom. The van der Waals surface area contributed by atoms with E-state index in [-0.39, 0.29) is 7.05 Å². The minimum Gasteiger partial charge on any atom is -0.535 e. The zero-order valence-electron chi connectivity index (χ0n) is 18.1. The van der Waals surface area contributed by atoms with Crippen LogP contribution in [-0.4, -0.2) is 12.0 Å². The number of nitrogens with zero attached hydrogens (tertiary/aromatic N) is 2. The molecule has 2 aliphatic rings. The number of hydrogen-bond acceptors (Lipinski definition) is 4. The van der Waals surface area contributed by atoms with Crippen LogP contribution in [0.15, 0.2) is 108 Å². The van der Waals surface area contributed by atoms with E-state index >= 15 is 0 Å². The van der Waals surface area contributed by atoms with Crippen LogP contribution < -0.4 is 14.9 Å². The molecule has 158 valence electrons. The topological polar surface area (TPSA) is 38.5 Å². The van der Waals surface area contributed by atoms with Crippen molar-refractivity contribution >= 4 is 45.8 Å². The maximum absolute atomic E-state index is 6.76. The van der Waals surface area contributed by atoms with Crippen LogP contribution in [0.4, 0.5) is 11.4 Å². The van der Waals surface area contributed by atoms with Crippen molar-refractivity contribution < 1.29 is 9.07 Å². The van der Waals surface area contributed by atoms with Gasteiger partial charge in [-0.2, -0.15) is 0 Å². The number of para-hydroxylation sites is 3. The third kappa shape index (κ3) is 2.26. The highest BCUT2D eigenvalue weighted by Crippen LogP contribution is 2.51. The van der Waals surface area contributed by atoms with Gasteiger partial charge in [-0.05, 0) is 29.7 Å². The minimum absolute atomic E-state index is 0.237. The van der Waals surface area contributed by atoms with Crippen LogP contribution in [0.5, 0.6) is 5.75 Å². The molecule has 6 aromatic rings. The number of hydrogen-bond donors (Lipinski definition) is 0. The summed E-state index contributed by atoms with van der Waals surface area (Å²) in [6, 6.07) is 33.4. The number of pyridine rings is 1. The zero-order chi connectivity index (χ0) is 22.2. The van der Waals surface area contributed by atoms with Crippen molar-refractivity contribution in [3.05, 3.63) is 103 Å². The second-order valence-corrected chi connectivity index (χ2v) is 8.73. The van der Waals surface area contributed by atoms with Gasteiger partial charge < -0.3 is 13.9 Å². The lowest BCUT2D eigenvalue weighted by molar-refractivity contribution is 0.604. The first-order valence-corrected chi connectivity index (χ1v) is 11.4. The largest absolute Gasteiger partial charge is 0.535 e. The summed E-state index contributed by atoms with van der Waals surface area (Å²) in [6.45, 7) is 0. The molecule has 0 saturated heterocycles. The van der Waals surface area contributed by atoms with E-state index < -0.39 is 0 Å². The van der Waals surface area contributed by atoms with Gasteiger partial charge in [0.15, 0.2) is 0 Å². The smallest absolute Gasteiger partial charge is 0.525 e. The molecule has 2 aromatic heterocycles. The van der Waals surface area contributed by atoms with E-state index in [2.05, 4.69) is 77.6 Å². The van der Waals surface area contributed by atoms with Crippen molar-refractivity contribution in [2.45, 2.75) is 0 Å². The predicted octanol–water partition coefficient (Wildman–Crippen LogP) is 6.55. The van der Waals surface area contributed by atoms with Crippen molar-refractivity contribution in [1.82, 2.24) is 4.98 Å². The lowest BCUT2D eigenvalue weighted by Crippen LogP contribution is -2.50. The Morgan fingerprint density at radius 1 is 0.647 bits per heavy atom. The molecule has 0 saturated carbocycles. The lowest BCUT2D eigenvalue weighted by atomic mass is 9.66. The standard InChI is InChI=1S/C29H17BN2O2/c1-3-13-23-22(9-1)27-24(15-7-17-31-27)32-25-14-6-12-21(29(25)34-30(23)32)20-11-5-10-19-18-8-2-4-16-26(18)33-28(19)20/h1-17H. The average Bonchev–Trinajstić information content (AvgIpc) is 3.48. The predicted molar refractivity (Wildman–Crippen MR) is 137 cm³/mol. The van der Waals surface area contributed by atoms with Crippen LogP contribution in [0.2, 0.25) is 0 Å². The third-order valence-corrected chi connectivity index (χ3v) is 6.94. The molecule has 4 nitrogen and oxygen atoms in total. The van der Waals surface area contributed by atoms with Gasteiger partial charge in [0, 0.05) is 33.7 Å². The van der Waals surface area contributed by atoms with Crippen LogP contribution >= 0.6 is 0 Å². The monoisotopic (exact) mass is 436 g/mol. The van der Waals surface area contributed by atoms with Crippen LogP contribution in [0.3, 0.4) is 0 Å². The van der Waals surface area contributed by atoms with E-state index in [4.69, 9.17) is 14.1 Å². The Labute approximate surface area is 196 Å². The van der Waals surface area contributed by atoms with Gasteiger partial charge in [0.1, 0.15) is 16.9 Å². The average molecular weight is 436 g/mol. The highest BCUT2D eigenvalue weighted by molar-refractivity contribution is 6.77. The van der Waals surface area contributed by atoms with Crippen molar-refractivity contribution in [2.24, 2.45) is 0 Å². The normalized spacial score (nSPS) is 13.4. The molecule has 5 heteroatoms. The van der Waals surface area contributed by atoms with E-state index in [1.807, 2.05) is 30.5 Å². The molecular formula is C29H17BN2O2. The maximum atomic E-state index is 6.76. The molecule has 0 atom stereocenters.